The van der Waals surface area contributed by atoms with Crippen molar-refractivity contribution in [1.29, 1.82) is 0 Å². The summed E-state index contributed by atoms with van der Waals surface area (Å²) in [7, 11) is 1.59. The van der Waals surface area contributed by atoms with Crippen molar-refractivity contribution in [2.75, 3.05) is 37.4 Å². The summed E-state index contributed by atoms with van der Waals surface area (Å²) in [6, 6.07) is 0. The molecule has 0 aliphatic carbocycles. The predicted octanol–water partition coefficient (Wildman–Crippen LogP) is 2.25. The van der Waals surface area contributed by atoms with Crippen LogP contribution in [0.15, 0.2) is 12.7 Å². The van der Waals surface area contributed by atoms with Crippen LogP contribution in [0.4, 0.5) is 10.7 Å². The van der Waals surface area contributed by atoms with E-state index < -0.39 is 0 Å². The van der Waals surface area contributed by atoms with Gasteiger partial charge in [-0.1, -0.05) is 6.08 Å². The standard InChI is InChI=1S/C14H21N3O2S/c1-3-7-16-13(18)12-10(15)11(19-2)14(20-12)17-8-5-4-6-9-17/h3H,1,4-9,15H2,2H3,(H,16,18). The van der Waals surface area contributed by atoms with Crippen LogP contribution in [-0.4, -0.2) is 32.7 Å². The van der Waals surface area contributed by atoms with Crippen molar-refractivity contribution in [3.63, 3.8) is 0 Å². The summed E-state index contributed by atoms with van der Waals surface area (Å²) in [5.41, 5.74) is 6.50. The Morgan fingerprint density at radius 2 is 2.20 bits per heavy atom. The van der Waals surface area contributed by atoms with E-state index in [1.54, 1.807) is 13.2 Å². The van der Waals surface area contributed by atoms with Gasteiger partial charge in [-0.05, 0) is 19.3 Å². The van der Waals surface area contributed by atoms with Gasteiger partial charge in [-0.25, -0.2) is 0 Å². The molecule has 0 spiro atoms. The Morgan fingerprint density at radius 3 is 2.80 bits per heavy atom. The van der Waals surface area contributed by atoms with Crippen LogP contribution in [0, 0.1) is 0 Å². The molecule has 2 rings (SSSR count). The lowest BCUT2D eigenvalue weighted by atomic mass is 10.1. The highest BCUT2D eigenvalue weighted by Crippen LogP contribution is 2.45. The topological polar surface area (TPSA) is 67.6 Å². The second-order valence-corrected chi connectivity index (χ2v) is 5.73. The van der Waals surface area contributed by atoms with E-state index in [-0.39, 0.29) is 5.91 Å². The number of carbonyl (C=O) groups is 1. The number of nitrogens with zero attached hydrogens (tertiary/aromatic N) is 1. The number of ether oxygens (including phenoxy) is 1. The van der Waals surface area contributed by atoms with Crippen LogP contribution >= 0.6 is 11.3 Å². The molecule has 6 heteroatoms. The minimum atomic E-state index is -0.172. The van der Waals surface area contributed by atoms with Gasteiger partial charge >= 0.3 is 0 Å². The maximum Gasteiger partial charge on any atom is 0.263 e. The lowest BCUT2D eigenvalue weighted by Gasteiger charge is -2.27. The highest BCUT2D eigenvalue weighted by molar-refractivity contribution is 7.19. The van der Waals surface area contributed by atoms with Gasteiger partial charge in [-0.15, -0.1) is 17.9 Å². The molecule has 2 heterocycles. The Kier molecular flexibility index (Phi) is 4.89. The largest absolute Gasteiger partial charge is 0.492 e. The van der Waals surface area contributed by atoms with E-state index in [0.717, 1.165) is 18.1 Å². The molecule has 1 fully saturated rings. The minimum absolute atomic E-state index is 0.172. The van der Waals surface area contributed by atoms with Crippen molar-refractivity contribution in [1.82, 2.24) is 5.32 Å². The molecule has 1 aliphatic rings. The molecule has 3 N–H and O–H groups in total. The number of thiophene rings is 1. The van der Waals surface area contributed by atoms with Crippen LogP contribution in [-0.2, 0) is 0 Å². The van der Waals surface area contributed by atoms with Crippen LogP contribution in [0.1, 0.15) is 28.9 Å². The lowest BCUT2D eigenvalue weighted by molar-refractivity contribution is 0.0962. The second kappa shape index (κ2) is 6.65. The number of amides is 1. The highest BCUT2D eigenvalue weighted by Gasteiger charge is 2.25. The molecule has 0 unspecified atom stereocenters. The van der Waals surface area contributed by atoms with Gasteiger partial charge in [-0.3, -0.25) is 4.79 Å². The van der Waals surface area contributed by atoms with Crippen LogP contribution in [0.2, 0.25) is 0 Å². The molecular weight excluding hydrogens is 274 g/mol. The third kappa shape index (κ3) is 2.90. The molecule has 0 aromatic carbocycles. The summed E-state index contributed by atoms with van der Waals surface area (Å²) in [6.45, 7) is 5.99. The molecule has 1 saturated heterocycles. The molecule has 5 nitrogen and oxygen atoms in total. The molecule has 20 heavy (non-hydrogen) atoms. The highest BCUT2D eigenvalue weighted by atomic mass is 32.1. The van der Waals surface area contributed by atoms with Crippen LogP contribution in [0.25, 0.3) is 0 Å². The summed E-state index contributed by atoms with van der Waals surface area (Å²) in [5, 5.41) is 3.72. The van der Waals surface area contributed by atoms with E-state index >= 15 is 0 Å². The summed E-state index contributed by atoms with van der Waals surface area (Å²) < 4.78 is 5.41. The van der Waals surface area contributed by atoms with Crippen molar-refractivity contribution < 1.29 is 9.53 Å². The first-order valence-corrected chi connectivity index (χ1v) is 7.61. The Morgan fingerprint density at radius 1 is 1.50 bits per heavy atom. The maximum atomic E-state index is 12.1. The lowest BCUT2D eigenvalue weighted by Crippen LogP contribution is -2.28. The summed E-state index contributed by atoms with van der Waals surface area (Å²) >= 11 is 1.41. The normalized spacial score (nSPS) is 14.9. The van der Waals surface area contributed by atoms with Crippen LogP contribution < -0.4 is 20.7 Å². The summed E-state index contributed by atoms with van der Waals surface area (Å²) in [6.07, 6.45) is 5.23. The number of hydrogen-bond acceptors (Lipinski definition) is 5. The van der Waals surface area contributed by atoms with E-state index in [1.165, 1.54) is 30.6 Å². The fourth-order valence-electron chi connectivity index (χ4n) is 2.33. The number of anilines is 2. The van der Waals surface area contributed by atoms with Gasteiger partial charge in [0.05, 0.1) is 7.11 Å². The van der Waals surface area contributed by atoms with E-state index in [4.69, 9.17) is 10.5 Å². The number of piperidine rings is 1. The average Bonchev–Trinajstić information content (AvgIpc) is 2.82. The zero-order valence-electron chi connectivity index (χ0n) is 11.8. The van der Waals surface area contributed by atoms with E-state index in [0.29, 0.717) is 22.9 Å². The molecule has 0 radical (unpaired) electrons. The van der Waals surface area contributed by atoms with E-state index in [9.17, 15) is 4.79 Å². The SMILES string of the molecule is C=CCNC(=O)c1sc(N2CCCCC2)c(OC)c1N. The Bertz CT molecular complexity index is 493. The first-order valence-electron chi connectivity index (χ1n) is 6.79. The summed E-state index contributed by atoms with van der Waals surface area (Å²) in [4.78, 5) is 14.9. The quantitative estimate of drug-likeness (QED) is 0.818. The third-order valence-electron chi connectivity index (χ3n) is 3.34. The van der Waals surface area contributed by atoms with Gasteiger partial charge in [0.15, 0.2) is 5.75 Å². The molecular formula is C14H21N3O2S. The number of methoxy groups -OCH3 is 1. The molecule has 1 amide bonds. The third-order valence-corrected chi connectivity index (χ3v) is 4.59. The first-order chi connectivity index (χ1) is 9.69. The van der Waals surface area contributed by atoms with Gasteiger partial charge in [0, 0.05) is 19.6 Å². The molecule has 0 bridgehead atoms. The first kappa shape index (κ1) is 14.7. The van der Waals surface area contributed by atoms with Crippen molar-refractivity contribution in [3.05, 3.63) is 17.5 Å². The number of nitrogen functional groups attached to an aromatic ring is 1. The average molecular weight is 295 g/mol. The van der Waals surface area contributed by atoms with Crippen LogP contribution in [0.5, 0.6) is 5.75 Å². The van der Waals surface area contributed by atoms with Crippen molar-refractivity contribution in [2.45, 2.75) is 19.3 Å². The smallest absolute Gasteiger partial charge is 0.263 e. The Balaban J connectivity index is 2.27. The number of nitrogens with two attached hydrogens (primary N) is 1. The van der Waals surface area contributed by atoms with Crippen molar-refractivity contribution >= 4 is 27.9 Å². The van der Waals surface area contributed by atoms with Gasteiger partial charge in [-0.2, -0.15) is 0 Å². The zero-order chi connectivity index (χ0) is 14.5. The fraction of sp³-hybridized carbons (Fsp3) is 0.500. The Hall–Kier alpha value is -1.69. The van der Waals surface area contributed by atoms with Gasteiger partial charge in [0.25, 0.3) is 5.91 Å². The molecule has 110 valence electrons. The fourth-order valence-corrected chi connectivity index (χ4v) is 3.49. The van der Waals surface area contributed by atoms with E-state index in [2.05, 4.69) is 16.8 Å². The number of nitrogens with one attached hydrogen (secondary N) is 1. The van der Waals surface area contributed by atoms with Crippen molar-refractivity contribution in [3.8, 4) is 5.75 Å². The predicted molar refractivity (Wildman–Crippen MR) is 83.9 cm³/mol. The number of rotatable bonds is 5. The van der Waals surface area contributed by atoms with Gasteiger partial charge in [0.2, 0.25) is 0 Å². The van der Waals surface area contributed by atoms with Gasteiger partial charge < -0.3 is 20.7 Å². The Labute approximate surface area is 123 Å². The summed E-state index contributed by atoms with van der Waals surface area (Å²) in [5.74, 6) is 0.453. The molecule has 1 aromatic heterocycles. The molecule has 1 aliphatic heterocycles. The zero-order valence-corrected chi connectivity index (χ0v) is 12.6. The number of hydrogen-bond donors (Lipinski definition) is 2. The van der Waals surface area contributed by atoms with Crippen LogP contribution in [0.3, 0.4) is 0 Å². The number of carbonyl (C=O) groups excluding carboxylic acids is 1. The maximum absolute atomic E-state index is 12.1. The molecule has 0 saturated carbocycles. The van der Waals surface area contributed by atoms with Gasteiger partial charge in [0.1, 0.15) is 15.6 Å². The second-order valence-electron chi connectivity index (χ2n) is 4.73. The molecule has 0 atom stereocenters. The minimum Gasteiger partial charge on any atom is -0.492 e. The monoisotopic (exact) mass is 295 g/mol. The van der Waals surface area contributed by atoms with Crippen molar-refractivity contribution in [2.24, 2.45) is 0 Å². The van der Waals surface area contributed by atoms with E-state index in [1.807, 2.05) is 0 Å². The molecule has 1 aromatic rings.